The van der Waals surface area contributed by atoms with Crippen LogP contribution in [-0.2, 0) is 11.3 Å². The first-order valence-electron chi connectivity index (χ1n) is 7.15. The molecule has 0 saturated carbocycles. The number of ether oxygens (including phenoxy) is 1. The molecule has 8 nitrogen and oxygen atoms in total. The summed E-state index contributed by atoms with van der Waals surface area (Å²) in [6.45, 7) is 2.87. The molecule has 0 fully saturated rings. The summed E-state index contributed by atoms with van der Waals surface area (Å²) >= 11 is 0. The number of carboxylic acid groups (broad SMARTS) is 1. The van der Waals surface area contributed by atoms with Crippen molar-refractivity contribution >= 4 is 22.7 Å². The fourth-order valence-electron chi connectivity index (χ4n) is 2.31. The van der Waals surface area contributed by atoms with Crippen LogP contribution in [0.15, 0.2) is 30.5 Å². The molecule has 2 heterocycles. The van der Waals surface area contributed by atoms with Gasteiger partial charge >= 0.3 is 12.0 Å². The van der Waals surface area contributed by atoms with Crippen molar-refractivity contribution in [2.45, 2.75) is 20.4 Å². The Balaban J connectivity index is 2.04. The van der Waals surface area contributed by atoms with Gasteiger partial charge in [0.05, 0.1) is 5.52 Å². The van der Waals surface area contributed by atoms with E-state index in [-0.39, 0.29) is 24.0 Å². The Morgan fingerprint density at radius 1 is 1.29 bits per heavy atom. The summed E-state index contributed by atoms with van der Waals surface area (Å²) in [4.78, 5) is 30.9. The summed E-state index contributed by atoms with van der Waals surface area (Å²) in [5.41, 5.74) is 1.50. The lowest BCUT2D eigenvalue weighted by molar-refractivity contribution is -0.137. The minimum atomic E-state index is -1.04. The molecular formula is C16H14N4O4. The van der Waals surface area contributed by atoms with E-state index in [2.05, 4.69) is 15.1 Å². The highest BCUT2D eigenvalue weighted by molar-refractivity contribution is 6.05. The highest BCUT2D eigenvalue weighted by Crippen LogP contribution is 2.26. The molecule has 3 rings (SSSR count). The molecule has 2 aromatic heterocycles. The maximum atomic E-state index is 11.8. The molecule has 122 valence electrons. The quantitative estimate of drug-likeness (QED) is 0.716. The molecule has 1 aromatic carbocycles. The summed E-state index contributed by atoms with van der Waals surface area (Å²) in [7, 11) is 0. The van der Waals surface area contributed by atoms with Crippen molar-refractivity contribution in [2.75, 3.05) is 0 Å². The maximum absolute atomic E-state index is 11.8. The smallest absolute Gasteiger partial charge is 0.325 e. The van der Waals surface area contributed by atoms with Gasteiger partial charge < -0.3 is 9.84 Å². The minimum Gasteiger partial charge on any atom is -0.480 e. The first-order valence-corrected chi connectivity index (χ1v) is 7.15. The van der Waals surface area contributed by atoms with Gasteiger partial charge in [0.25, 0.3) is 0 Å². The summed E-state index contributed by atoms with van der Waals surface area (Å²) in [6.07, 6.45) is 1.59. The number of hydrogen-bond donors (Lipinski definition) is 1. The number of aromatic nitrogens is 4. The highest BCUT2D eigenvalue weighted by atomic mass is 16.5. The van der Waals surface area contributed by atoms with Crippen LogP contribution in [0.4, 0.5) is 0 Å². The Labute approximate surface area is 136 Å². The van der Waals surface area contributed by atoms with Gasteiger partial charge in [-0.2, -0.15) is 5.10 Å². The second-order valence-electron chi connectivity index (χ2n) is 5.22. The predicted octanol–water partition coefficient (Wildman–Crippen LogP) is 2.21. The van der Waals surface area contributed by atoms with E-state index in [0.29, 0.717) is 16.7 Å². The van der Waals surface area contributed by atoms with E-state index in [1.165, 1.54) is 11.6 Å². The zero-order valence-corrected chi connectivity index (χ0v) is 13.1. The zero-order valence-electron chi connectivity index (χ0n) is 13.1. The maximum Gasteiger partial charge on any atom is 0.325 e. The number of Topliss-reactive ketones (excluding diaryl/α,β-unsaturated/α-hetero) is 1. The largest absolute Gasteiger partial charge is 0.480 e. The molecule has 0 bridgehead atoms. The van der Waals surface area contributed by atoms with E-state index in [1.807, 2.05) is 6.92 Å². The molecule has 1 N–H and O–H groups in total. The molecule has 0 aliphatic rings. The van der Waals surface area contributed by atoms with Gasteiger partial charge in [-0.3, -0.25) is 14.3 Å². The number of fused-ring (bicyclic) bond motifs is 1. The van der Waals surface area contributed by atoms with E-state index < -0.39 is 5.97 Å². The van der Waals surface area contributed by atoms with Crippen LogP contribution in [0.5, 0.6) is 11.8 Å². The molecular weight excluding hydrogens is 312 g/mol. The molecule has 0 spiro atoms. The van der Waals surface area contributed by atoms with E-state index in [1.54, 1.807) is 30.5 Å². The Kier molecular flexibility index (Phi) is 3.95. The monoisotopic (exact) mass is 326 g/mol. The summed E-state index contributed by atoms with van der Waals surface area (Å²) in [6, 6.07) is 6.88. The zero-order chi connectivity index (χ0) is 17.3. The second-order valence-corrected chi connectivity index (χ2v) is 5.22. The number of nitrogens with zero attached hydrogens (tertiary/aromatic N) is 4. The molecule has 8 heteroatoms. The average Bonchev–Trinajstić information content (AvgIpc) is 2.85. The topological polar surface area (TPSA) is 107 Å². The number of benzene rings is 1. The first-order chi connectivity index (χ1) is 11.4. The van der Waals surface area contributed by atoms with Crippen molar-refractivity contribution < 1.29 is 19.4 Å². The summed E-state index contributed by atoms with van der Waals surface area (Å²) in [5.74, 6) is -0.860. The summed E-state index contributed by atoms with van der Waals surface area (Å²) in [5, 5.41) is 13.6. The minimum absolute atomic E-state index is 0.191. The van der Waals surface area contributed by atoms with Crippen molar-refractivity contribution in [1.82, 2.24) is 19.7 Å². The van der Waals surface area contributed by atoms with Gasteiger partial charge in [0, 0.05) is 24.2 Å². The fraction of sp³-hybridized carbons (Fsp3) is 0.188. The molecule has 0 radical (unpaired) electrons. The Morgan fingerprint density at radius 2 is 2.08 bits per heavy atom. The van der Waals surface area contributed by atoms with Crippen molar-refractivity contribution in [3.05, 3.63) is 41.9 Å². The van der Waals surface area contributed by atoms with Crippen LogP contribution in [0.1, 0.15) is 23.1 Å². The lowest BCUT2D eigenvalue weighted by Gasteiger charge is -2.05. The Hall–Kier alpha value is -3.29. The van der Waals surface area contributed by atoms with Gasteiger partial charge in [0.2, 0.25) is 0 Å². The third-order valence-electron chi connectivity index (χ3n) is 3.32. The van der Waals surface area contributed by atoms with Crippen molar-refractivity contribution in [1.29, 1.82) is 0 Å². The van der Waals surface area contributed by atoms with Gasteiger partial charge in [0.15, 0.2) is 5.78 Å². The molecule has 0 unspecified atom stereocenters. The third kappa shape index (κ3) is 3.07. The molecule has 0 saturated heterocycles. The number of carbonyl (C=O) groups excluding carboxylic acids is 1. The normalized spacial score (nSPS) is 10.8. The third-order valence-corrected chi connectivity index (χ3v) is 3.32. The van der Waals surface area contributed by atoms with Crippen LogP contribution in [0.25, 0.3) is 10.9 Å². The average molecular weight is 326 g/mol. The number of rotatable bonds is 5. The number of aliphatic carboxylic acids is 1. The Bertz CT molecular complexity index is 948. The van der Waals surface area contributed by atoms with Crippen LogP contribution >= 0.6 is 0 Å². The van der Waals surface area contributed by atoms with Crippen LogP contribution in [-0.4, -0.2) is 36.6 Å². The van der Waals surface area contributed by atoms with Gasteiger partial charge in [-0.1, -0.05) is 0 Å². The SMILES string of the molecule is CC(=O)c1nn(CC(=O)O)c2ccc(Oc3nccc(C)n3)cc12. The number of carbonyl (C=O) groups is 2. The fourth-order valence-corrected chi connectivity index (χ4v) is 2.31. The van der Waals surface area contributed by atoms with Gasteiger partial charge in [-0.05, 0) is 31.2 Å². The molecule has 24 heavy (non-hydrogen) atoms. The highest BCUT2D eigenvalue weighted by Gasteiger charge is 2.16. The van der Waals surface area contributed by atoms with Crippen molar-refractivity contribution in [2.24, 2.45) is 0 Å². The van der Waals surface area contributed by atoms with Crippen LogP contribution < -0.4 is 4.74 Å². The van der Waals surface area contributed by atoms with Crippen LogP contribution in [0.2, 0.25) is 0 Å². The molecule has 0 aliphatic carbocycles. The number of carboxylic acids is 1. The summed E-state index contributed by atoms with van der Waals surface area (Å²) < 4.78 is 6.88. The second kappa shape index (κ2) is 6.07. The Morgan fingerprint density at radius 3 is 2.75 bits per heavy atom. The predicted molar refractivity (Wildman–Crippen MR) is 84.2 cm³/mol. The van der Waals surface area contributed by atoms with Gasteiger partial charge in [-0.25, -0.2) is 9.97 Å². The van der Waals surface area contributed by atoms with Crippen molar-refractivity contribution in [3.8, 4) is 11.8 Å². The lowest BCUT2D eigenvalue weighted by Crippen LogP contribution is -2.10. The lowest BCUT2D eigenvalue weighted by atomic mass is 10.1. The van der Waals surface area contributed by atoms with Crippen LogP contribution in [0, 0.1) is 6.92 Å². The number of ketones is 1. The van der Waals surface area contributed by atoms with Gasteiger partial charge in [-0.15, -0.1) is 0 Å². The van der Waals surface area contributed by atoms with Crippen LogP contribution in [0.3, 0.4) is 0 Å². The molecule has 0 atom stereocenters. The number of aryl methyl sites for hydroxylation is 1. The van der Waals surface area contributed by atoms with E-state index >= 15 is 0 Å². The van der Waals surface area contributed by atoms with E-state index in [4.69, 9.17) is 9.84 Å². The van der Waals surface area contributed by atoms with E-state index in [0.717, 1.165) is 5.69 Å². The molecule has 0 amide bonds. The number of hydrogen-bond acceptors (Lipinski definition) is 6. The standard InChI is InChI=1S/C16H14N4O4/c1-9-5-6-17-16(18-9)24-11-3-4-13-12(7-11)15(10(2)21)19-20(13)8-14(22)23/h3-7H,8H2,1-2H3,(H,22,23). The van der Waals surface area contributed by atoms with E-state index in [9.17, 15) is 9.59 Å². The molecule has 0 aliphatic heterocycles. The molecule has 3 aromatic rings. The first kappa shape index (κ1) is 15.6. The van der Waals surface area contributed by atoms with Crippen molar-refractivity contribution in [3.63, 3.8) is 0 Å². The van der Waals surface area contributed by atoms with Gasteiger partial charge in [0.1, 0.15) is 18.0 Å².